The monoisotopic (exact) mass is 950 g/mol. The zero-order chi connectivity index (χ0) is 48.8. The van der Waals surface area contributed by atoms with Crippen molar-refractivity contribution >= 4 is 51.3 Å². The third-order valence-electron chi connectivity index (χ3n) is 12.3. The number of aliphatic hydroxyl groups excluding tert-OH is 1. The predicted octanol–water partition coefficient (Wildman–Crippen LogP) is 5.11. The number of benzene rings is 1. The molecule has 0 unspecified atom stereocenters. The number of aliphatic hydroxyl groups is 1. The van der Waals surface area contributed by atoms with Crippen LogP contribution in [0.15, 0.2) is 35.5 Å². The summed E-state index contributed by atoms with van der Waals surface area (Å²) in [4.78, 5) is 74.6. The summed E-state index contributed by atoms with van der Waals surface area (Å²) >= 11 is 0. The highest BCUT2D eigenvalue weighted by atomic mass is 33.1. The fourth-order valence-electron chi connectivity index (χ4n) is 8.39. The molecule has 1 aromatic carbocycles. The van der Waals surface area contributed by atoms with E-state index in [-0.39, 0.29) is 48.5 Å². The Morgan fingerprint density at radius 1 is 0.954 bits per heavy atom. The van der Waals surface area contributed by atoms with Gasteiger partial charge in [-0.25, -0.2) is 9.89 Å². The second kappa shape index (κ2) is 25.8. The van der Waals surface area contributed by atoms with Crippen LogP contribution in [0.3, 0.4) is 0 Å². The third-order valence-corrected chi connectivity index (χ3v) is 15.4. The van der Waals surface area contributed by atoms with E-state index in [1.807, 2.05) is 73.6 Å². The lowest BCUT2D eigenvalue weighted by atomic mass is 9.89. The molecule has 1 aliphatic rings. The molecule has 3 rings (SSSR count). The molecule has 18 nitrogen and oxygen atoms in total. The average molecular weight is 950 g/mol. The van der Waals surface area contributed by atoms with Gasteiger partial charge in [0.2, 0.25) is 28.8 Å². The zero-order valence-electron chi connectivity index (χ0n) is 40.8. The fraction of sp³-hybridized carbons (Fsp3) is 0.733. The van der Waals surface area contributed by atoms with Crippen molar-refractivity contribution in [2.75, 3.05) is 41.5 Å². The van der Waals surface area contributed by atoms with Crippen molar-refractivity contribution in [2.45, 2.75) is 153 Å². The van der Waals surface area contributed by atoms with Crippen LogP contribution in [0, 0.1) is 23.7 Å². The van der Waals surface area contributed by atoms with Crippen molar-refractivity contribution in [3.05, 3.63) is 35.9 Å². The lowest BCUT2D eigenvalue weighted by molar-refractivity contribution is -0.148. The molecule has 1 aromatic heterocycles. The van der Waals surface area contributed by atoms with E-state index in [4.69, 9.17) is 14.2 Å². The van der Waals surface area contributed by atoms with Gasteiger partial charge in [0.25, 0.3) is 0 Å². The van der Waals surface area contributed by atoms with E-state index in [1.165, 1.54) is 47.8 Å². The summed E-state index contributed by atoms with van der Waals surface area (Å²) in [6, 6.07) is 5.69. The maximum Gasteiger partial charge on any atom is 0.410 e. The molecule has 0 radical (unpaired) electrons. The zero-order valence-corrected chi connectivity index (χ0v) is 42.4. The lowest BCUT2D eigenvalue weighted by Gasteiger charge is -2.41. The summed E-state index contributed by atoms with van der Waals surface area (Å²) in [6.07, 6.45) is -0.939. The number of likely N-dealkylation sites (tertiary alicyclic amines) is 1. The molecule has 1 fully saturated rings. The molecule has 1 aliphatic heterocycles. The smallest absolute Gasteiger partial charge is 0.410 e. The largest absolute Gasteiger partial charge is 0.448 e. The Morgan fingerprint density at radius 3 is 2.17 bits per heavy atom. The number of tetrazole rings is 1. The molecule has 2 heterocycles. The minimum atomic E-state index is -0.967. The van der Waals surface area contributed by atoms with Crippen LogP contribution in [0.4, 0.5) is 4.79 Å². The molecule has 20 heteroatoms. The molecule has 0 aliphatic carbocycles. The highest BCUT2D eigenvalue weighted by molar-refractivity contribution is 8.77. The van der Waals surface area contributed by atoms with Crippen LogP contribution in [0.25, 0.3) is 0 Å². The average Bonchev–Trinajstić information content (AvgIpc) is 3.99. The van der Waals surface area contributed by atoms with E-state index in [0.29, 0.717) is 30.1 Å². The molecular formula is C45H75N9O9S2. The summed E-state index contributed by atoms with van der Waals surface area (Å²) in [5.74, 6) is -2.77. The number of aromatic nitrogens is 4. The van der Waals surface area contributed by atoms with Crippen LogP contribution < -0.4 is 10.6 Å². The second-order valence-corrected chi connectivity index (χ2v) is 21.3. The quantitative estimate of drug-likeness (QED) is 0.0951. The van der Waals surface area contributed by atoms with Crippen LogP contribution in [0.5, 0.6) is 0 Å². The number of carbonyl (C=O) groups is 5. The molecule has 0 saturated carbocycles. The van der Waals surface area contributed by atoms with Gasteiger partial charge in [-0.15, -0.1) is 5.10 Å². The topological polar surface area (TPSA) is 222 Å². The lowest BCUT2D eigenvalue weighted by Crippen LogP contribution is -2.60. The van der Waals surface area contributed by atoms with Gasteiger partial charge in [-0.1, -0.05) is 96.0 Å². The van der Waals surface area contributed by atoms with Crippen LogP contribution in [-0.4, -0.2) is 159 Å². The first kappa shape index (κ1) is 55.3. The Labute approximate surface area is 393 Å². The van der Waals surface area contributed by atoms with Gasteiger partial charge in [0, 0.05) is 34.9 Å². The first-order chi connectivity index (χ1) is 30.6. The number of nitrogens with zero attached hydrogens (tertiary/aromatic N) is 6. The Balaban J connectivity index is 1.73. The van der Waals surface area contributed by atoms with Crippen LogP contribution >= 0.6 is 21.6 Å². The number of methoxy groups -OCH3 is 2. The summed E-state index contributed by atoms with van der Waals surface area (Å²) in [5, 5.41) is 31.0. The van der Waals surface area contributed by atoms with Gasteiger partial charge >= 0.3 is 6.09 Å². The molecule has 5 amide bonds. The first-order valence-corrected chi connectivity index (χ1v) is 24.7. The van der Waals surface area contributed by atoms with Gasteiger partial charge in [-0.2, -0.15) is 0 Å². The molecule has 2 aromatic rings. The number of ether oxygens (including phenoxy) is 3. The number of H-pyrrole nitrogens is 1. The maximum atomic E-state index is 14.6. The molecule has 0 bridgehead atoms. The van der Waals surface area contributed by atoms with Gasteiger partial charge in [0.05, 0.1) is 53.5 Å². The Hall–Kier alpha value is -3.98. The van der Waals surface area contributed by atoms with E-state index in [2.05, 4.69) is 31.3 Å². The maximum absolute atomic E-state index is 14.6. The van der Waals surface area contributed by atoms with Gasteiger partial charge < -0.3 is 39.8 Å². The number of hydrogen-bond donors (Lipinski definition) is 4. The number of hydrogen-bond acceptors (Lipinski definition) is 14. The SMILES string of the molecule is CC[C@H](C)[C@@H]([C@@H](CC(=O)N1CCC[C@H]1[C@H](OC)[C@@H](C)C(=O)N[C@H](C)[C@@H](O)c1ccccc1)OC)N(C)C(=O)[C@@H](NC(=O)[C@H](C(C)C)N(C)C(=O)OCC(C)(C)SSc1nnn[nH]1)C(C)C. The fourth-order valence-corrected chi connectivity index (χ4v) is 10.2. The van der Waals surface area contributed by atoms with Crippen molar-refractivity contribution < 1.29 is 43.3 Å². The standard InChI is InChI=1S/C45H75N9O9S2/c1-15-28(6)37(33(61-13)24-34(55)54-23-19-22-32(54)39(62-14)29(7)40(57)46-30(8)38(56)31-20-17-16-18-21-31)52(11)42(59)35(26(2)3)47-41(58)36(27(4)5)53(12)44(60)63-25-45(9,10)65-64-43-48-50-51-49-43/h16-18,20-21,26-30,32-33,35-39,56H,15,19,22-25H2,1-14H3,(H,46,57)(H,47,58)(H,48,49,50,51)/t28-,29+,30+,32-,33+,35-,36-,37-,38+,39+/m0/s1. The molecule has 4 N–H and O–H groups in total. The van der Waals surface area contributed by atoms with Gasteiger partial charge in [-0.3, -0.25) is 24.1 Å². The molecule has 0 spiro atoms. The van der Waals surface area contributed by atoms with Crippen molar-refractivity contribution in [1.29, 1.82) is 0 Å². The molecule has 1 saturated heterocycles. The molecule has 366 valence electrons. The second-order valence-electron chi connectivity index (χ2n) is 18.5. The van der Waals surface area contributed by atoms with E-state index in [1.54, 1.807) is 42.8 Å². The van der Waals surface area contributed by atoms with E-state index < -0.39 is 71.2 Å². The summed E-state index contributed by atoms with van der Waals surface area (Å²) in [7, 11) is 8.98. The summed E-state index contributed by atoms with van der Waals surface area (Å²) < 4.78 is 17.2. The number of rotatable bonds is 25. The summed E-state index contributed by atoms with van der Waals surface area (Å²) in [6.45, 7) is 19.2. The van der Waals surface area contributed by atoms with E-state index in [0.717, 1.165) is 6.42 Å². The van der Waals surface area contributed by atoms with Crippen LogP contribution in [-0.2, 0) is 33.4 Å². The van der Waals surface area contributed by atoms with Gasteiger partial charge in [0.1, 0.15) is 18.7 Å². The van der Waals surface area contributed by atoms with Gasteiger partial charge in [0.15, 0.2) is 0 Å². The van der Waals surface area contributed by atoms with Gasteiger partial charge in [-0.05, 0) is 78.2 Å². The van der Waals surface area contributed by atoms with Crippen molar-refractivity contribution in [1.82, 2.24) is 46.0 Å². The molecule has 65 heavy (non-hydrogen) atoms. The minimum absolute atomic E-state index is 0.0385. The number of carbonyl (C=O) groups excluding carboxylic acids is 5. The summed E-state index contributed by atoms with van der Waals surface area (Å²) in [5.41, 5.74) is 0.691. The predicted molar refractivity (Wildman–Crippen MR) is 251 cm³/mol. The number of amides is 5. The highest BCUT2D eigenvalue weighted by Crippen LogP contribution is 2.39. The number of aromatic amines is 1. The van der Waals surface area contributed by atoms with Crippen molar-refractivity contribution in [3.8, 4) is 0 Å². The van der Waals surface area contributed by atoms with E-state index in [9.17, 15) is 29.1 Å². The van der Waals surface area contributed by atoms with Crippen molar-refractivity contribution in [3.63, 3.8) is 0 Å². The van der Waals surface area contributed by atoms with E-state index >= 15 is 0 Å². The Bertz CT molecular complexity index is 1810. The van der Waals surface area contributed by atoms with Crippen LogP contribution in [0.1, 0.15) is 107 Å². The number of nitrogens with one attached hydrogen (secondary N) is 3. The Kier molecular flexibility index (Phi) is 22.0. The highest BCUT2D eigenvalue weighted by Gasteiger charge is 2.44. The number of likely N-dealkylation sites (N-methyl/N-ethyl adjacent to an activating group) is 2. The third kappa shape index (κ3) is 15.3. The Morgan fingerprint density at radius 2 is 1.62 bits per heavy atom. The van der Waals surface area contributed by atoms with Crippen LogP contribution in [0.2, 0.25) is 0 Å². The molecular weight excluding hydrogens is 875 g/mol. The minimum Gasteiger partial charge on any atom is -0.448 e. The molecule has 10 atom stereocenters. The van der Waals surface area contributed by atoms with Crippen molar-refractivity contribution in [2.24, 2.45) is 23.7 Å². The normalized spacial score (nSPS) is 18.5. The first-order valence-electron chi connectivity index (χ1n) is 22.5.